The highest BCUT2D eigenvalue weighted by atomic mass is 16.6. The van der Waals surface area contributed by atoms with Gasteiger partial charge in [0.15, 0.2) is 11.5 Å². The summed E-state index contributed by atoms with van der Waals surface area (Å²) in [5.41, 5.74) is 1.04. The topological polar surface area (TPSA) is 88.5 Å². The van der Waals surface area contributed by atoms with Crippen LogP contribution in [0.3, 0.4) is 0 Å². The molecule has 2 aliphatic heterocycles. The fourth-order valence-corrected chi connectivity index (χ4v) is 3.83. The van der Waals surface area contributed by atoms with Crippen LogP contribution in [0.5, 0.6) is 17.2 Å². The third kappa shape index (κ3) is 5.99. The van der Waals surface area contributed by atoms with Crippen molar-refractivity contribution in [2.24, 2.45) is 0 Å². The highest BCUT2D eigenvalue weighted by molar-refractivity contribution is 5.86. The smallest absolute Gasteiger partial charge is 0.410 e. The Balaban J connectivity index is 2.03. The molecule has 2 aromatic rings. The molecule has 2 atom stereocenters. The van der Waals surface area contributed by atoms with E-state index in [1.165, 1.54) is 9.80 Å². The van der Waals surface area contributed by atoms with Gasteiger partial charge in [0.1, 0.15) is 17.4 Å². The van der Waals surface area contributed by atoms with Gasteiger partial charge in [-0.25, -0.2) is 4.79 Å². The van der Waals surface area contributed by atoms with Crippen molar-refractivity contribution >= 4 is 12.0 Å². The van der Waals surface area contributed by atoms with Crippen LogP contribution < -0.4 is 9.47 Å². The van der Waals surface area contributed by atoms with Crippen molar-refractivity contribution in [2.45, 2.75) is 51.3 Å². The highest BCUT2D eigenvalue weighted by Crippen LogP contribution is 2.33. The lowest BCUT2D eigenvalue weighted by atomic mass is 10.0. The number of benzene rings is 2. The number of likely N-dealkylation sites (N-methyl/N-ethyl adjacent to an activating group) is 2. The molecule has 1 N–H and O–H groups in total. The lowest BCUT2D eigenvalue weighted by Crippen LogP contribution is -2.53. The molecule has 4 bridgehead atoms. The maximum Gasteiger partial charge on any atom is 0.410 e. The van der Waals surface area contributed by atoms with Gasteiger partial charge in [0.05, 0.1) is 19.8 Å². The number of fused-ring (bicyclic) bond motifs is 7. The molecule has 2 aliphatic rings. The predicted octanol–water partition coefficient (Wildman–Crippen LogP) is 3.64. The Morgan fingerprint density at radius 1 is 1.15 bits per heavy atom. The van der Waals surface area contributed by atoms with Crippen molar-refractivity contribution in [1.29, 1.82) is 0 Å². The van der Waals surface area contributed by atoms with E-state index >= 15 is 0 Å². The Morgan fingerprint density at radius 2 is 1.79 bits per heavy atom. The average Bonchev–Trinajstić information content (AvgIpc) is 2.79. The van der Waals surface area contributed by atoms with Gasteiger partial charge in [0.2, 0.25) is 5.91 Å². The van der Waals surface area contributed by atoms with E-state index in [1.54, 1.807) is 48.0 Å². The van der Waals surface area contributed by atoms with E-state index in [4.69, 9.17) is 14.2 Å². The minimum absolute atomic E-state index is 0.235. The lowest BCUT2D eigenvalue weighted by molar-refractivity contribution is -0.138. The largest absolute Gasteiger partial charge is 0.493 e. The van der Waals surface area contributed by atoms with Crippen molar-refractivity contribution in [1.82, 2.24) is 9.80 Å². The minimum atomic E-state index is -0.810. The molecule has 0 radical (unpaired) electrons. The second-order valence-electron chi connectivity index (χ2n) is 9.53. The van der Waals surface area contributed by atoms with E-state index in [-0.39, 0.29) is 18.9 Å². The van der Waals surface area contributed by atoms with Crippen molar-refractivity contribution in [3.63, 3.8) is 0 Å². The van der Waals surface area contributed by atoms with Crippen molar-refractivity contribution in [3.8, 4) is 17.2 Å². The molecule has 0 fully saturated rings. The van der Waals surface area contributed by atoms with Gasteiger partial charge in [-0.2, -0.15) is 0 Å². The summed E-state index contributed by atoms with van der Waals surface area (Å²) in [7, 11) is 4.79. The predicted molar refractivity (Wildman–Crippen MR) is 128 cm³/mol. The summed E-state index contributed by atoms with van der Waals surface area (Å²) in [6, 6.07) is 11.6. The molecule has 8 heteroatoms. The monoisotopic (exact) mass is 470 g/mol. The molecule has 0 saturated heterocycles. The second-order valence-corrected chi connectivity index (χ2v) is 9.53. The van der Waals surface area contributed by atoms with Crippen LogP contribution in [0.25, 0.3) is 0 Å². The summed E-state index contributed by atoms with van der Waals surface area (Å²) in [6.07, 6.45) is 0.103. The fraction of sp³-hybridized carbons (Fsp3) is 0.462. The molecular weight excluding hydrogens is 436 g/mol. The number of carbonyl (C=O) groups is 2. The first-order valence-corrected chi connectivity index (χ1v) is 11.3. The third-order valence-electron chi connectivity index (χ3n) is 5.82. The summed E-state index contributed by atoms with van der Waals surface area (Å²) in [5, 5.41) is 10.1. The molecule has 4 rings (SSSR count). The number of aliphatic hydroxyl groups is 1. The zero-order chi connectivity index (χ0) is 25.0. The van der Waals surface area contributed by atoms with Gasteiger partial charge >= 0.3 is 6.09 Å². The normalized spacial score (nSPS) is 18.7. The lowest BCUT2D eigenvalue weighted by Gasteiger charge is -2.35. The average molecular weight is 471 g/mol. The van der Waals surface area contributed by atoms with Crippen LogP contribution in [0.1, 0.15) is 31.9 Å². The summed E-state index contributed by atoms with van der Waals surface area (Å²) in [5.74, 6) is 1.48. The van der Waals surface area contributed by atoms with Gasteiger partial charge < -0.3 is 24.2 Å². The number of ether oxygens (including phenoxy) is 3. The molecule has 0 aromatic heterocycles. The van der Waals surface area contributed by atoms with Gasteiger partial charge in [-0.05, 0) is 62.6 Å². The van der Waals surface area contributed by atoms with E-state index in [0.29, 0.717) is 23.7 Å². The summed E-state index contributed by atoms with van der Waals surface area (Å²) >= 11 is 0. The number of methoxy groups -OCH3 is 1. The molecule has 2 heterocycles. The van der Waals surface area contributed by atoms with Crippen LogP contribution in [0, 0.1) is 0 Å². The zero-order valence-corrected chi connectivity index (χ0v) is 20.7. The van der Waals surface area contributed by atoms with E-state index in [1.807, 2.05) is 36.4 Å². The number of rotatable bonds is 3. The summed E-state index contributed by atoms with van der Waals surface area (Å²) < 4.78 is 17.0. The van der Waals surface area contributed by atoms with E-state index in [0.717, 1.165) is 11.1 Å². The molecule has 34 heavy (non-hydrogen) atoms. The highest BCUT2D eigenvalue weighted by Gasteiger charge is 2.34. The van der Waals surface area contributed by atoms with Crippen LogP contribution in [0.15, 0.2) is 42.5 Å². The Bertz CT molecular complexity index is 1010. The first-order chi connectivity index (χ1) is 16.0. The van der Waals surface area contributed by atoms with Gasteiger partial charge in [-0.1, -0.05) is 18.2 Å². The number of hydrogen-bond donors (Lipinski definition) is 1. The first-order valence-electron chi connectivity index (χ1n) is 11.3. The van der Waals surface area contributed by atoms with Crippen molar-refractivity contribution in [2.75, 3.05) is 27.8 Å². The summed E-state index contributed by atoms with van der Waals surface area (Å²) in [4.78, 5) is 29.3. The van der Waals surface area contributed by atoms with E-state index in [9.17, 15) is 14.7 Å². The third-order valence-corrected chi connectivity index (χ3v) is 5.82. The minimum Gasteiger partial charge on any atom is -0.493 e. The summed E-state index contributed by atoms with van der Waals surface area (Å²) in [6.45, 7) is 5.11. The van der Waals surface area contributed by atoms with Crippen LogP contribution in [-0.2, 0) is 22.4 Å². The molecular formula is C26H34N2O6. The Kier molecular flexibility index (Phi) is 7.71. The molecule has 2 aromatic carbocycles. The number of carbonyl (C=O) groups excluding carboxylic acids is 2. The van der Waals surface area contributed by atoms with Gasteiger partial charge in [-0.15, -0.1) is 0 Å². The SMILES string of the molecule is COc1ccc2cc1Oc1ccc(cc1)C[C@H](N(C)C(=O)OC(C)(C)C)C(=O)N(C)[C@H](CO)C2. The fourth-order valence-electron chi connectivity index (χ4n) is 3.83. The van der Waals surface area contributed by atoms with Gasteiger partial charge in [0.25, 0.3) is 0 Å². The molecule has 2 amide bonds. The number of aliphatic hydroxyl groups excluding tert-OH is 1. The molecule has 0 saturated carbocycles. The number of amides is 2. The van der Waals surface area contributed by atoms with Gasteiger partial charge in [0, 0.05) is 20.5 Å². The van der Waals surface area contributed by atoms with Crippen LogP contribution in [0.4, 0.5) is 4.79 Å². The molecule has 0 spiro atoms. The number of nitrogens with zero attached hydrogens (tertiary/aromatic N) is 2. The van der Waals surface area contributed by atoms with E-state index < -0.39 is 23.8 Å². The molecule has 0 aliphatic carbocycles. The maximum absolute atomic E-state index is 13.6. The second kappa shape index (κ2) is 10.3. The van der Waals surface area contributed by atoms with Gasteiger partial charge in [-0.3, -0.25) is 9.69 Å². The first kappa shape index (κ1) is 25.4. The Labute approximate surface area is 201 Å². The van der Waals surface area contributed by atoms with Crippen LogP contribution in [0.2, 0.25) is 0 Å². The quantitative estimate of drug-likeness (QED) is 0.737. The zero-order valence-electron chi connectivity index (χ0n) is 20.7. The van der Waals surface area contributed by atoms with Crippen molar-refractivity contribution < 1.29 is 28.9 Å². The van der Waals surface area contributed by atoms with E-state index in [2.05, 4.69) is 0 Å². The Morgan fingerprint density at radius 3 is 2.38 bits per heavy atom. The maximum atomic E-state index is 13.6. The standard InChI is InChI=1S/C26H34N2O6/c1-26(2,3)34-25(31)28(5)21-14-17-7-10-20(11-8-17)33-23-15-18(9-12-22(23)32-6)13-19(16-29)27(4)24(21)30/h7-12,15,19,21,29H,13-14,16H2,1-6H3/t19-,21-/m0/s1. The number of hydrogen-bond acceptors (Lipinski definition) is 6. The molecule has 8 nitrogen and oxygen atoms in total. The molecule has 184 valence electrons. The molecule has 0 unspecified atom stereocenters. The van der Waals surface area contributed by atoms with Crippen LogP contribution >= 0.6 is 0 Å². The van der Waals surface area contributed by atoms with Crippen molar-refractivity contribution in [3.05, 3.63) is 53.6 Å². The van der Waals surface area contributed by atoms with Crippen LogP contribution in [-0.4, -0.2) is 72.4 Å². The Hall–Kier alpha value is -3.26.